The fraction of sp³-hybridized carbons (Fsp3) is 0.591. The molecular weight excluding hydrogens is 322 g/mol. The molecule has 2 aliphatic heterocycles. The molecule has 0 N–H and O–H groups in total. The van der Waals surface area contributed by atoms with E-state index in [1.54, 1.807) is 6.26 Å². The van der Waals surface area contributed by atoms with Gasteiger partial charge < -0.3 is 9.32 Å². The van der Waals surface area contributed by atoms with Crippen LogP contribution in [0.5, 0.6) is 0 Å². The van der Waals surface area contributed by atoms with E-state index in [1.165, 1.54) is 57.4 Å². The number of hydrogen-bond acceptors (Lipinski definition) is 4. The minimum absolute atomic E-state index is 0.333. The van der Waals surface area contributed by atoms with Crippen molar-refractivity contribution < 1.29 is 4.42 Å². The Labute approximate surface area is 156 Å². The van der Waals surface area contributed by atoms with E-state index < -0.39 is 0 Å². The Kier molecular flexibility index (Phi) is 4.33. The predicted octanol–water partition coefficient (Wildman–Crippen LogP) is 3.77. The van der Waals surface area contributed by atoms with E-state index in [4.69, 9.17) is 4.42 Å². The molecule has 2 saturated heterocycles. The molecular formula is C22H29N3O. The SMILES string of the molecule is c1ccc(CN2CC(c3ncco3)C3(CCN(CC4CC4)CC3)C2)cc1. The number of piperidine rings is 1. The van der Waals surface area contributed by atoms with Gasteiger partial charge in [-0.05, 0) is 55.7 Å². The number of rotatable bonds is 5. The minimum atomic E-state index is 0.333. The average Bonchev–Trinajstić information content (AvgIpc) is 3.18. The first kappa shape index (κ1) is 16.5. The minimum Gasteiger partial charge on any atom is -0.449 e. The molecule has 3 aliphatic rings. The van der Waals surface area contributed by atoms with Gasteiger partial charge in [-0.15, -0.1) is 0 Å². The maximum absolute atomic E-state index is 5.79. The average molecular weight is 351 g/mol. The lowest BCUT2D eigenvalue weighted by molar-refractivity contribution is 0.0868. The Morgan fingerprint density at radius 3 is 2.58 bits per heavy atom. The second-order valence-corrected chi connectivity index (χ2v) is 8.68. The van der Waals surface area contributed by atoms with E-state index in [0.717, 1.165) is 24.9 Å². The summed E-state index contributed by atoms with van der Waals surface area (Å²) in [6.45, 7) is 7.09. The molecule has 3 heterocycles. The van der Waals surface area contributed by atoms with Gasteiger partial charge in [0.1, 0.15) is 6.26 Å². The summed E-state index contributed by atoms with van der Waals surface area (Å²) in [6.07, 6.45) is 9.00. The van der Waals surface area contributed by atoms with E-state index in [-0.39, 0.29) is 0 Å². The van der Waals surface area contributed by atoms with E-state index in [9.17, 15) is 0 Å². The molecule has 4 nitrogen and oxygen atoms in total. The van der Waals surface area contributed by atoms with Crippen molar-refractivity contribution in [3.63, 3.8) is 0 Å². The van der Waals surface area contributed by atoms with Crippen LogP contribution in [0.1, 0.15) is 43.1 Å². The smallest absolute Gasteiger partial charge is 0.198 e. The lowest BCUT2D eigenvalue weighted by Gasteiger charge is -2.42. The summed E-state index contributed by atoms with van der Waals surface area (Å²) >= 11 is 0. The van der Waals surface area contributed by atoms with Gasteiger partial charge in [-0.3, -0.25) is 4.90 Å². The summed E-state index contributed by atoms with van der Waals surface area (Å²) in [5.74, 6) is 2.38. The van der Waals surface area contributed by atoms with Gasteiger partial charge in [-0.25, -0.2) is 4.98 Å². The fourth-order valence-electron chi connectivity index (χ4n) is 5.13. The first-order chi connectivity index (χ1) is 12.8. The molecule has 4 heteroatoms. The molecule has 5 rings (SSSR count). The third kappa shape index (κ3) is 3.33. The molecule has 26 heavy (non-hydrogen) atoms. The van der Waals surface area contributed by atoms with Gasteiger partial charge in [-0.1, -0.05) is 30.3 Å². The summed E-state index contributed by atoms with van der Waals surface area (Å²) < 4.78 is 5.79. The second-order valence-electron chi connectivity index (χ2n) is 8.68. The molecule has 138 valence electrons. The van der Waals surface area contributed by atoms with Gasteiger partial charge in [0, 0.05) is 26.2 Å². The molecule has 2 aromatic rings. The van der Waals surface area contributed by atoms with Crippen molar-refractivity contribution in [1.29, 1.82) is 0 Å². The van der Waals surface area contributed by atoms with Gasteiger partial charge in [0.25, 0.3) is 0 Å². The van der Waals surface area contributed by atoms with E-state index >= 15 is 0 Å². The third-order valence-corrected chi connectivity index (χ3v) is 6.78. The quantitative estimate of drug-likeness (QED) is 0.821. The summed E-state index contributed by atoms with van der Waals surface area (Å²) in [4.78, 5) is 9.89. The number of hydrogen-bond donors (Lipinski definition) is 0. The van der Waals surface area contributed by atoms with Crippen LogP contribution in [0.15, 0.2) is 47.2 Å². The molecule has 0 amide bonds. The lowest BCUT2D eigenvalue weighted by Crippen LogP contribution is -2.44. The monoisotopic (exact) mass is 351 g/mol. The van der Waals surface area contributed by atoms with Crippen molar-refractivity contribution in [2.75, 3.05) is 32.7 Å². The Hall–Kier alpha value is -1.65. The Morgan fingerprint density at radius 1 is 1.08 bits per heavy atom. The lowest BCUT2D eigenvalue weighted by atomic mass is 9.70. The van der Waals surface area contributed by atoms with Crippen molar-refractivity contribution in [3.05, 3.63) is 54.2 Å². The predicted molar refractivity (Wildman–Crippen MR) is 102 cm³/mol. The molecule has 0 radical (unpaired) electrons. The van der Waals surface area contributed by atoms with Crippen LogP contribution in [0.2, 0.25) is 0 Å². The van der Waals surface area contributed by atoms with Crippen LogP contribution in [0.3, 0.4) is 0 Å². The van der Waals surface area contributed by atoms with E-state index in [1.807, 2.05) is 6.20 Å². The summed E-state index contributed by atoms with van der Waals surface area (Å²) in [6, 6.07) is 10.9. The normalized spacial score (nSPS) is 26.5. The highest BCUT2D eigenvalue weighted by Gasteiger charge is 2.50. The van der Waals surface area contributed by atoms with E-state index in [2.05, 4.69) is 45.1 Å². The van der Waals surface area contributed by atoms with Crippen molar-refractivity contribution in [2.45, 2.75) is 38.1 Å². The number of likely N-dealkylation sites (tertiary alicyclic amines) is 2. The Balaban J connectivity index is 1.32. The highest BCUT2D eigenvalue weighted by atomic mass is 16.3. The van der Waals surface area contributed by atoms with Crippen LogP contribution >= 0.6 is 0 Å². The molecule has 1 atom stereocenters. The summed E-state index contributed by atoms with van der Waals surface area (Å²) in [7, 11) is 0. The second kappa shape index (κ2) is 6.82. The van der Waals surface area contributed by atoms with Crippen LogP contribution in [0, 0.1) is 11.3 Å². The maximum atomic E-state index is 5.79. The zero-order valence-electron chi connectivity index (χ0n) is 15.5. The van der Waals surface area contributed by atoms with Gasteiger partial charge >= 0.3 is 0 Å². The van der Waals surface area contributed by atoms with Crippen LogP contribution < -0.4 is 0 Å². The number of aromatic nitrogens is 1. The van der Waals surface area contributed by atoms with Crippen molar-refractivity contribution >= 4 is 0 Å². The zero-order chi connectivity index (χ0) is 17.4. The van der Waals surface area contributed by atoms with Gasteiger partial charge in [0.15, 0.2) is 5.89 Å². The first-order valence-electron chi connectivity index (χ1n) is 10.2. The van der Waals surface area contributed by atoms with Crippen molar-refractivity contribution in [2.24, 2.45) is 11.3 Å². The third-order valence-electron chi connectivity index (χ3n) is 6.78. The molecule has 1 saturated carbocycles. The zero-order valence-corrected chi connectivity index (χ0v) is 15.5. The topological polar surface area (TPSA) is 32.5 Å². The van der Waals surface area contributed by atoms with E-state index in [0.29, 0.717) is 11.3 Å². The molecule has 3 fully saturated rings. The van der Waals surface area contributed by atoms with Gasteiger partial charge in [0.2, 0.25) is 0 Å². The van der Waals surface area contributed by atoms with Gasteiger partial charge in [-0.2, -0.15) is 0 Å². The standard InChI is InChI=1S/C22H29N3O/c1-2-4-18(5-3-1)15-25-16-20(21-23-10-13-26-21)22(17-25)8-11-24(12-9-22)14-19-6-7-19/h1-5,10,13,19-20H,6-9,11-12,14-17H2. The molecule has 1 unspecified atom stereocenters. The fourth-order valence-corrected chi connectivity index (χ4v) is 5.13. The van der Waals surface area contributed by atoms with Crippen molar-refractivity contribution in [3.8, 4) is 0 Å². The van der Waals surface area contributed by atoms with Gasteiger partial charge in [0.05, 0.1) is 12.1 Å². The molecule has 1 aromatic heterocycles. The van der Waals surface area contributed by atoms with Crippen molar-refractivity contribution in [1.82, 2.24) is 14.8 Å². The van der Waals surface area contributed by atoms with Crippen LogP contribution in [0.25, 0.3) is 0 Å². The highest BCUT2D eigenvalue weighted by Crippen LogP contribution is 2.50. The van der Waals surface area contributed by atoms with Crippen LogP contribution in [-0.4, -0.2) is 47.5 Å². The largest absolute Gasteiger partial charge is 0.449 e. The molecule has 1 aromatic carbocycles. The Morgan fingerprint density at radius 2 is 1.88 bits per heavy atom. The summed E-state index contributed by atoms with van der Waals surface area (Å²) in [5, 5.41) is 0. The van der Waals surface area contributed by atoms with Crippen LogP contribution in [0.4, 0.5) is 0 Å². The molecule has 1 spiro atoms. The molecule has 1 aliphatic carbocycles. The first-order valence-corrected chi connectivity index (χ1v) is 10.2. The maximum Gasteiger partial charge on any atom is 0.198 e. The molecule has 0 bridgehead atoms. The number of nitrogens with zero attached hydrogens (tertiary/aromatic N) is 3. The Bertz CT molecular complexity index is 702. The summed E-state index contributed by atoms with van der Waals surface area (Å²) in [5.41, 5.74) is 1.74. The highest BCUT2D eigenvalue weighted by molar-refractivity contribution is 5.17. The number of oxazole rings is 1. The van der Waals surface area contributed by atoms with Crippen LogP contribution in [-0.2, 0) is 6.54 Å². The number of benzene rings is 1.